The van der Waals surface area contributed by atoms with Crippen molar-refractivity contribution in [3.05, 3.63) is 296 Å². The minimum absolute atomic E-state index is 0.0489. The fourth-order valence-electron chi connectivity index (χ4n) is 13.5. The first-order valence-corrected chi connectivity index (χ1v) is 42.4. The van der Waals surface area contributed by atoms with Crippen LogP contribution in [0.15, 0.2) is 183 Å². The predicted molar refractivity (Wildman–Crippen MR) is 470 cm³/mol. The maximum Gasteiger partial charge on any atom is 0.253 e. The minimum Gasteiger partial charge on any atom is -0.487 e. The number of carbonyl (C=O) groups is 5. The van der Waals surface area contributed by atoms with Gasteiger partial charge in [0.2, 0.25) is 0 Å². The fourth-order valence-corrected chi connectivity index (χ4v) is 13.5. The standard InChI is InChI=1S/2C22H24FN3O2.C20H22FN3O2.C18H16FN3O2.C17H16FN3O2/c2*1-15(17-5-3-2-4-6-17)26-22(27)18-7-8-20(25-13-18)14-28-21-10-16(12-24)9-19(23)11-21;1-20(2,3)6-7-23-19(25)15-4-5-17(24-12-15)13-26-18-9-14(11-22)8-16(21)10-18;19-14-6-12(9-20)7-17(8-14)24-11-16-5-4-13(10-21-16)18(23)22-15-2-1-3-15;1-11(2)21-17(22)13-3-4-15(20-9-13)10-23-16-6-12(8-19)5-14(18)7-16/h2*7-11,13,15,17H,2-6,14H2,1H3,(H,26,27);4-5,8-10,12H,6-7,13H2,1-3H3,(H,23,25);4-8,10,15H,1-3,11H2,(H,22,23);3-7,9,11H,10H2,1-2H3,(H,21,22)/t2*15-;;;/m10.../s1. The molecule has 5 aromatic carbocycles. The number of nitriles is 5. The topological polar surface area (TPSA) is 375 Å². The summed E-state index contributed by atoms with van der Waals surface area (Å²) in [5.74, 6) is -0.982. The molecular weight excluding hydrogens is 1650 g/mol. The molecule has 30 heteroatoms. The number of halogens is 5. The second-order valence-electron chi connectivity index (χ2n) is 32.7. The highest BCUT2D eigenvalue weighted by atomic mass is 19.1. The molecule has 0 unspecified atom stereocenters. The van der Waals surface area contributed by atoms with Crippen LogP contribution in [0.2, 0.25) is 0 Å². The highest BCUT2D eigenvalue weighted by molar-refractivity contribution is 5.96. The Bertz CT molecular complexity index is 5500. The van der Waals surface area contributed by atoms with Crippen molar-refractivity contribution in [2.75, 3.05) is 6.54 Å². The van der Waals surface area contributed by atoms with Gasteiger partial charge in [0.25, 0.3) is 29.5 Å². The molecule has 3 aliphatic carbocycles. The van der Waals surface area contributed by atoms with Crippen molar-refractivity contribution >= 4 is 29.5 Å². The van der Waals surface area contributed by atoms with Crippen molar-refractivity contribution in [2.45, 2.75) is 196 Å². The molecule has 0 spiro atoms. The summed E-state index contributed by atoms with van der Waals surface area (Å²) >= 11 is 0. The van der Waals surface area contributed by atoms with E-state index >= 15 is 0 Å². The third-order valence-electron chi connectivity index (χ3n) is 20.8. The third kappa shape index (κ3) is 34.0. The lowest BCUT2D eigenvalue weighted by molar-refractivity contribution is 0.0908. The SMILES string of the molecule is CC(C)(C)CCNC(=O)c1ccc(COc2cc(F)cc(C#N)c2)nc1.CC(C)NC(=O)c1ccc(COc2cc(F)cc(C#N)c2)nc1.C[C@@H](NC(=O)c1ccc(COc2cc(F)cc(C#N)c2)nc1)C1CCCCC1.C[C@H](NC(=O)c1ccc(COc2cc(F)cc(C#N)c2)nc1)C1CCCCC1.N#Cc1cc(F)cc(OCc2ccc(C(=O)NC3CCC3)cn2)c1. The molecule has 0 aliphatic heterocycles. The number of aromatic nitrogens is 5. The molecule has 668 valence electrons. The Hall–Kier alpha value is -14.7. The number of benzene rings is 5. The number of pyridine rings is 5. The van der Waals surface area contributed by atoms with Gasteiger partial charge in [0.1, 0.15) is 90.9 Å². The summed E-state index contributed by atoms with van der Waals surface area (Å²) in [6.45, 7) is 15.4. The first-order valence-electron chi connectivity index (χ1n) is 42.4. The molecule has 3 saturated carbocycles. The Kier molecular flexibility index (Phi) is 37.9. The molecule has 5 aromatic heterocycles. The van der Waals surface area contributed by atoms with Crippen molar-refractivity contribution in [3.8, 4) is 59.1 Å². The third-order valence-corrected chi connectivity index (χ3v) is 20.8. The molecular formula is C99H102F5N15O10. The highest BCUT2D eigenvalue weighted by Gasteiger charge is 2.26. The largest absolute Gasteiger partial charge is 0.487 e. The van der Waals surface area contributed by atoms with E-state index in [0.717, 1.165) is 56.0 Å². The van der Waals surface area contributed by atoms with E-state index in [1.54, 1.807) is 60.7 Å². The number of rotatable bonds is 28. The van der Waals surface area contributed by atoms with Crippen LogP contribution in [0, 0.1) is 103 Å². The van der Waals surface area contributed by atoms with Crippen LogP contribution in [0.3, 0.4) is 0 Å². The summed E-state index contributed by atoms with van der Waals surface area (Å²) in [6, 6.07) is 46.0. The molecule has 0 saturated heterocycles. The fraction of sp³-hybridized carbons (Fsp3) is 0.343. The Morgan fingerprint density at radius 1 is 0.357 bits per heavy atom. The Morgan fingerprint density at radius 3 is 0.853 bits per heavy atom. The average Bonchev–Trinajstić information content (AvgIpc) is 0.857. The number of nitrogens with zero attached hydrogens (tertiary/aromatic N) is 10. The molecule has 5 heterocycles. The maximum absolute atomic E-state index is 13.4. The van der Waals surface area contributed by atoms with Crippen LogP contribution in [-0.2, 0) is 33.0 Å². The van der Waals surface area contributed by atoms with E-state index < -0.39 is 29.1 Å². The van der Waals surface area contributed by atoms with Crippen LogP contribution in [0.5, 0.6) is 28.7 Å². The van der Waals surface area contributed by atoms with Crippen molar-refractivity contribution in [1.29, 1.82) is 26.3 Å². The van der Waals surface area contributed by atoms with Crippen LogP contribution in [0.1, 0.15) is 246 Å². The maximum atomic E-state index is 13.4. The quantitative estimate of drug-likeness (QED) is 0.0284. The molecule has 5 N–H and O–H groups in total. The zero-order valence-corrected chi connectivity index (χ0v) is 72.9. The van der Waals surface area contributed by atoms with Crippen molar-refractivity contribution in [2.24, 2.45) is 17.3 Å². The molecule has 3 aliphatic rings. The van der Waals surface area contributed by atoms with E-state index in [4.69, 9.17) is 50.0 Å². The van der Waals surface area contributed by atoms with Gasteiger partial charge in [-0.15, -0.1) is 0 Å². The smallest absolute Gasteiger partial charge is 0.253 e. The van der Waals surface area contributed by atoms with E-state index in [2.05, 4.69) is 86.1 Å². The van der Waals surface area contributed by atoms with E-state index in [1.165, 1.54) is 156 Å². The predicted octanol–water partition coefficient (Wildman–Crippen LogP) is 18.3. The zero-order chi connectivity index (χ0) is 92.8. The van der Waals surface area contributed by atoms with Crippen molar-refractivity contribution in [3.63, 3.8) is 0 Å². The number of amides is 5. The molecule has 10 aromatic rings. The Morgan fingerprint density at radius 2 is 0.620 bits per heavy atom. The molecule has 5 amide bonds. The summed E-state index contributed by atoms with van der Waals surface area (Å²) in [7, 11) is 0. The van der Waals surface area contributed by atoms with Gasteiger partial charge in [-0.05, 0) is 218 Å². The summed E-state index contributed by atoms with van der Waals surface area (Å²) in [4.78, 5) is 81.8. The number of ether oxygens (including phenoxy) is 5. The monoisotopic (exact) mass is 1760 g/mol. The van der Waals surface area contributed by atoms with Crippen molar-refractivity contribution < 1.29 is 69.6 Å². The zero-order valence-electron chi connectivity index (χ0n) is 72.9. The van der Waals surface area contributed by atoms with Crippen LogP contribution in [0.4, 0.5) is 22.0 Å². The van der Waals surface area contributed by atoms with E-state index in [0.29, 0.717) is 74.7 Å². The van der Waals surface area contributed by atoms with Gasteiger partial charge in [-0.25, -0.2) is 22.0 Å². The second-order valence-corrected chi connectivity index (χ2v) is 32.7. The number of carbonyl (C=O) groups excluding carboxylic acids is 5. The lowest BCUT2D eigenvalue weighted by Crippen LogP contribution is -2.39. The van der Waals surface area contributed by atoms with E-state index in [9.17, 15) is 45.9 Å². The van der Waals surface area contributed by atoms with E-state index in [1.807, 2.05) is 44.2 Å². The highest BCUT2D eigenvalue weighted by Crippen LogP contribution is 2.30. The molecule has 13 rings (SSSR count). The van der Waals surface area contributed by atoms with Crippen LogP contribution in [-0.4, -0.2) is 85.2 Å². The molecule has 0 bridgehead atoms. The number of hydrogen-bond acceptors (Lipinski definition) is 20. The van der Waals surface area contributed by atoms with Crippen LogP contribution >= 0.6 is 0 Å². The van der Waals surface area contributed by atoms with Gasteiger partial charge >= 0.3 is 0 Å². The first kappa shape index (κ1) is 98.1. The lowest BCUT2D eigenvalue weighted by Gasteiger charge is -2.28. The number of nitrogens with one attached hydrogen (secondary N) is 5. The molecule has 129 heavy (non-hydrogen) atoms. The van der Waals surface area contributed by atoms with E-state index in [-0.39, 0.29) is 149 Å². The normalized spacial score (nSPS) is 13.3. The summed E-state index contributed by atoms with van der Waals surface area (Å²) < 4.78 is 94.2. The molecule has 0 radical (unpaired) electrons. The number of hydrogen-bond donors (Lipinski definition) is 5. The van der Waals surface area contributed by atoms with Crippen molar-refractivity contribution in [1.82, 2.24) is 51.5 Å². The summed E-state index contributed by atoms with van der Waals surface area (Å²) in [6.07, 6.45) is 23.8. The summed E-state index contributed by atoms with van der Waals surface area (Å²) in [5, 5.41) is 59.0. The van der Waals surface area contributed by atoms with Gasteiger partial charge in [0.15, 0.2) is 0 Å². The Labute approximate surface area is 747 Å². The lowest BCUT2D eigenvalue weighted by atomic mass is 9.84. The Balaban J connectivity index is 0.000000182. The van der Waals surface area contributed by atoms with Gasteiger partial charge < -0.3 is 50.3 Å². The molecule has 25 nitrogen and oxygen atoms in total. The van der Waals surface area contributed by atoms with Crippen LogP contribution in [0.25, 0.3) is 0 Å². The summed E-state index contributed by atoms with van der Waals surface area (Å²) in [5.41, 5.74) is 6.59. The average molecular weight is 1760 g/mol. The first-order chi connectivity index (χ1) is 62.0. The van der Waals surface area contributed by atoms with Gasteiger partial charge in [-0.1, -0.05) is 59.3 Å². The van der Waals surface area contributed by atoms with Crippen LogP contribution < -0.4 is 50.3 Å². The minimum atomic E-state index is -0.535. The van der Waals surface area contributed by atoms with Gasteiger partial charge in [0.05, 0.1) is 114 Å². The second kappa shape index (κ2) is 49.9. The molecule has 3 fully saturated rings. The van der Waals surface area contributed by atoms with Gasteiger partial charge in [-0.2, -0.15) is 26.3 Å². The van der Waals surface area contributed by atoms with Gasteiger partial charge in [0, 0.05) is 92.0 Å². The molecule has 2 atom stereocenters. The van der Waals surface area contributed by atoms with Gasteiger partial charge in [-0.3, -0.25) is 48.9 Å².